The number of halogens is 2. The number of hydrogen-bond acceptors (Lipinski definition) is 2. The second-order valence-corrected chi connectivity index (χ2v) is 5.97. The number of benzene rings is 2. The van der Waals surface area contributed by atoms with E-state index in [1.165, 1.54) is 5.56 Å². The largest absolute Gasteiger partial charge is 0.491 e. The van der Waals surface area contributed by atoms with Gasteiger partial charge in [0.2, 0.25) is 0 Å². The summed E-state index contributed by atoms with van der Waals surface area (Å²) in [5.74, 6) is -0.348. The van der Waals surface area contributed by atoms with E-state index in [4.69, 9.17) is 4.74 Å². The summed E-state index contributed by atoms with van der Waals surface area (Å²) in [5.41, 5.74) is 2.04. The molecule has 1 unspecified atom stereocenters. The fourth-order valence-corrected chi connectivity index (χ4v) is 2.75. The molecule has 0 saturated carbocycles. The average Bonchev–Trinajstić information content (AvgIpc) is 2.54. The third kappa shape index (κ3) is 3.68. The van der Waals surface area contributed by atoms with Crippen LogP contribution in [0.2, 0.25) is 0 Å². The minimum Gasteiger partial charge on any atom is -0.491 e. The standard InChI is InChI=1S/C18H20BrFO2/c1-3-11-22-15-10-9-14(19)16(17(15)20)18(21)13-7-5-12(4-2)6-8-13/h5-10,18,21H,3-4,11H2,1-2H3. The van der Waals surface area contributed by atoms with Gasteiger partial charge in [-0.25, -0.2) is 4.39 Å². The lowest BCUT2D eigenvalue weighted by molar-refractivity contribution is 0.211. The van der Waals surface area contributed by atoms with Crippen LogP contribution in [0.1, 0.15) is 43.1 Å². The van der Waals surface area contributed by atoms with Crippen LogP contribution >= 0.6 is 15.9 Å². The highest BCUT2D eigenvalue weighted by atomic mass is 79.9. The molecule has 1 N–H and O–H groups in total. The maximum atomic E-state index is 14.6. The van der Waals surface area contributed by atoms with Gasteiger partial charge in [0, 0.05) is 10.0 Å². The van der Waals surface area contributed by atoms with Crippen LogP contribution in [-0.2, 0) is 6.42 Å². The minimum atomic E-state index is -1.04. The number of aliphatic hydroxyl groups is 1. The Balaban J connectivity index is 2.36. The molecule has 0 radical (unpaired) electrons. The normalized spacial score (nSPS) is 12.2. The molecule has 0 aliphatic rings. The Kier molecular flexibility index (Phi) is 5.98. The number of rotatable bonds is 6. The van der Waals surface area contributed by atoms with Crippen molar-refractivity contribution in [2.24, 2.45) is 0 Å². The van der Waals surface area contributed by atoms with E-state index in [2.05, 4.69) is 22.9 Å². The molecule has 0 amide bonds. The van der Waals surface area contributed by atoms with Crippen molar-refractivity contribution in [2.45, 2.75) is 32.8 Å². The molecule has 2 aromatic rings. The molecule has 2 aromatic carbocycles. The lowest BCUT2D eigenvalue weighted by Gasteiger charge is -2.17. The Morgan fingerprint density at radius 2 is 1.82 bits per heavy atom. The maximum absolute atomic E-state index is 14.6. The summed E-state index contributed by atoms with van der Waals surface area (Å²) in [4.78, 5) is 0. The third-order valence-electron chi connectivity index (χ3n) is 3.53. The van der Waals surface area contributed by atoms with Crippen molar-refractivity contribution in [1.29, 1.82) is 0 Å². The van der Waals surface area contributed by atoms with Crippen LogP contribution in [0.3, 0.4) is 0 Å². The highest BCUT2D eigenvalue weighted by Gasteiger charge is 2.21. The Labute approximate surface area is 139 Å². The fraction of sp³-hybridized carbons (Fsp3) is 0.333. The van der Waals surface area contributed by atoms with Crippen LogP contribution < -0.4 is 4.74 Å². The lowest BCUT2D eigenvalue weighted by Crippen LogP contribution is -2.07. The number of ether oxygens (including phenoxy) is 1. The molecule has 2 rings (SSSR count). The fourth-order valence-electron chi connectivity index (χ4n) is 2.23. The van der Waals surface area contributed by atoms with Crippen molar-refractivity contribution in [3.8, 4) is 5.75 Å². The molecule has 22 heavy (non-hydrogen) atoms. The van der Waals surface area contributed by atoms with Crippen LogP contribution in [0.4, 0.5) is 4.39 Å². The van der Waals surface area contributed by atoms with E-state index in [1.54, 1.807) is 12.1 Å². The van der Waals surface area contributed by atoms with Gasteiger partial charge in [0.1, 0.15) is 6.10 Å². The van der Waals surface area contributed by atoms with E-state index in [-0.39, 0.29) is 11.3 Å². The van der Waals surface area contributed by atoms with E-state index in [0.29, 0.717) is 16.6 Å². The maximum Gasteiger partial charge on any atom is 0.172 e. The summed E-state index contributed by atoms with van der Waals surface area (Å²) in [7, 11) is 0. The molecule has 0 bridgehead atoms. The first-order valence-electron chi connectivity index (χ1n) is 7.46. The van der Waals surface area contributed by atoms with Crippen molar-refractivity contribution >= 4 is 15.9 Å². The van der Waals surface area contributed by atoms with Gasteiger partial charge in [0.05, 0.1) is 6.61 Å². The zero-order valence-electron chi connectivity index (χ0n) is 12.8. The van der Waals surface area contributed by atoms with Crippen LogP contribution in [0.25, 0.3) is 0 Å². The zero-order valence-corrected chi connectivity index (χ0v) is 14.4. The van der Waals surface area contributed by atoms with Crippen LogP contribution in [0.5, 0.6) is 5.75 Å². The van der Waals surface area contributed by atoms with Crippen LogP contribution in [0, 0.1) is 5.82 Å². The van der Waals surface area contributed by atoms with E-state index >= 15 is 0 Å². The Morgan fingerprint density at radius 1 is 1.14 bits per heavy atom. The Hall–Kier alpha value is -1.39. The van der Waals surface area contributed by atoms with Gasteiger partial charge >= 0.3 is 0 Å². The summed E-state index contributed by atoms with van der Waals surface area (Å²) < 4.78 is 20.5. The quantitative estimate of drug-likeness (QED) is 0.777. The molecule has 0 saturated heterocycles. The number of aryl methyl sites for hydroxylation is 1. The number of hydrogen-bond donors (Lipinski definition) is 1. The predicted molar refractivity (Wildman–Crippen MR) is 89.8 cm³/mol. The topological polar surface area (TPSA) is 29.5 Å². The molecule has 0 spiro atoms. The SMILES string of the molecule is CCCOc1ccc(Br)c(C(O)c2ccc(CC)cc2)c1F. The molecule has 0 heterocycles. The predicted octanol–water partition coefficient (Wildman–Crippen LogP) is 5.02. The van der Waals surface area contributed by atoms with Crippen molar-refractivity contribution in [2.75, 3.05) is 6.61 Å². The van der Waals surface area contributed by atoms with Gasteiger partial charge in [0.25, 0.3) is 0 Å². The summed E-state index contributed by atoms with van der Waals surface area (Å²) >= 11 is 3.32. The van der Waals surface area contributed by atoms with E-state index in [1.807, 2.05) is 31.2 Å². The molecule has 1 atom stereocenters. The molecule has 4 heteroatoms. The summed E-state index contributed by atoms with van der Waals surface area (Å²) in [6.45, 7) is 4.47. The first-order chi connectivity index (χ1) is 10.6. The Bertz CT molecular complexity index is 626. The molecular formula is C18H20BrFO2. The van der Waals surface area contributed by atoms with Crippen molar-refractivity contribution in [3.05, 3.63) is 63.4 Å². The molecule has 0 fully saturated rings. The molecule has 118 valence electrons. The minimum absolute atomic E-state index is 0.171. The van der Waals surface area contributed by atoms with Gasteiger partial charge < -0.3 is 9.84 Å². The van der Waals surface area contributed by atoms with Crippen LogP contribution in [0.15, 0.2) is 40.9 Å². The van der Waals surface area contributed by atoms with Crippen molar-refractivity contribution in [1.82, 2.24) is 0 Å². The lowest BCUT2D eigenvalue weighted by atomic mass is 9.99. The summed E-state index contributed by atoms with van der Waals surface area (Å²) in [6, 6.07) is 10.8. The van der Waals surface area contributed by atoms with Gasteiger partial charge in [-0.15, -0.1) is 0 Å². The molecule has 0 aliphatic carbocycles. The van der Waals surface area contributed by atoms with Crippen molar-refractivity contribution < 1.29 is 14.2 Å². The third-order valence-corrected chi connectivity index (χ3v) is 4.22. The van der Waals surface area contributed by atoms with Gasteiger partial charge in [-0.2, -0.15) is 0 Å². The van der Waals surface area contributed by atoms with Crippen molar-refractivity contribution in [3.63, 3.8) is 0 Å². The van der Waals surface area contributed by atoms with E-state index in [9.17, 15) is 9.50 Å². The monoisotopic (exact) mass is 366 g/mol. The molecule has 2 nitrogen and oxygen atoms in total. The number of aliphatic hydroxyl groups excluding tert-OH is 1. The van der Waals surface area contributed by atoms with Gasteiger partial charge in [-0.1, -0.05) is 54.0 Å². The van der Waals surface area contributed by atoms with Gasteiger partial charge in [-0.3, -0.25) is 0 Å². The molecular weight excluding hydrogens is 347 g/mol. The van der Waals surface area contributed by atoms with Gasteiger partial charge in [0.15, 0.2) is 11.6 Å². The summed E-state index contributed by atoms with van der Waals surface area (Å²) in [6.07, 6.45) is 0.686. The van der Waals surface area contributed by atoms with E-state index < -0.39 is 11.9 Å². The second kappa shape index (κ2) is 7.75. The first-order valence-corrected chi connectivity index (χ1v) is 8.25. The zero-order chi connectivity index (χ0) is 16.1. The second-order valence-electron chi connectivity index (χ2n) is 5.12. The average molecular weight is 367 g/mol. The molecule has 0 aromatic heterocycles. The highest BCUT2D eigenvalue weighted by Crippen LogP contribution is 2.35. The molecule has 0 aliphatic heterocycles. The highest BCUT2D eigenvalue weighted by molar-refractivity contribution is 9.10. The first kappa shape index (κ1) is 17.0. The van der Waals surface area contributed by atoms with E-state index in [0.717, 1.165) is 12.8 Å². The summed E-state index contributed by atoms with van der Waals surface area (Å²) in [5, 5.41) is 10.5. The van der Waals surface area contributed by atoms with Crippen LogP contribution in [-0.4, -0.2) is 11.7 Å². The smallest absolute Gasteiger partial charge is 0.172 e. The van der Waals surface area contributed by atoms with Gasteiger partial charge in [-0.05, 0) is 36.1 Å². The Morgan fingerprint density at radius 3 is 2.41 bits per heavy atom.